The van der Waals surface area contributed by atoms with E-state index in [4.69, 9.17) is 4.74 Å². The van der Waals surface area contributed by atoms with Crippen molar-refractivity contribution in [3.8, 4) is 0 Å². The van der Waals surface area contributed by atoms with Crippen LogP contribution in [0.25, 0.3) is 0 Å². The molecule has 0 bridgehead atoms. The Kier molecular flexibility index (Phi) is 2.37. The van der Waals surface area contributed by atoms with E-state index in [0.717, 1.165) is 44.7 Å². The molecule has 1 saturated heterocycles. The van der Waals surface area contributed by atoms with Crippen molar-refractivity contribution in [3.63, 3.8) is 0 Å². The van der Waals surface area contributed by atoms with Gasteiger partial charge in [0.1, 0.15) is 0 Å². The molecular formula is C13H17NO2. The highest BCUT2D eigenvalue weighted by atomic mass is 16.5. The molecule has 1 aromatic carbocycles. The predicted octanol–water partition coefficient (Wildman–Crippen LogP) is 1.50. The fourth-order valence-corrected chi connectivity index (χ4v) is 2.21. The number of anilines is 1. The summed E-state index contributed by atoms with van der Waals surface area (Å²) < 4.78 is 5.33. The molecule has 3 rings (SSSR count). The molecule has 2 fully saturated rings. The second kappa shape index (κ2) is 3.75. The summed E-state index contributed by atoms with van der Waals surface area (Å²) in [5.41, 5.74) is 1.78. The lowest BCUT2D eigenvalue weighted by atomic mass is 10.1. The number of benzene rings is 1. The largest absolute Gasteiger partial charge is 0.385 e. The first kappa shape index (κ1) is 10.1. The Bertz CT molecular complexity index is 364. The van der Waals surface area contributed by atoms with E-state index in [1.54, 1.807) is 0 Å². The molecule has 0 radical (unpaired) electrons. The molecule has 1 saturated carbocycles. The van der Waals surface area contributed by atoms with E-state index in [0.29, 0.717) is 0 Å². The van der Waals surface area contributed by atoms with Crippen LogP contribution < -0.4 is 4.90 Å². The Balaban J connectivity index is 1.76. The Morgan fingerprint density at radius 1 is 1.06 bits per heavy atom. The lowest BCUT2D eigenvalue weighted by molar-refractivity contribution is 0.122. The highest BCUT2D eigenvalue weighted by molar-refractivity contribution is 5.49. The molecule has 86 valence electrons. The number of rotatable bonds is 2. The van der Waals surface area contributed by atoms with E-state index in [9.17, 15) is 5.11 Å². The molecule has 0 atom stereocenters. The minimum absolute atomic E-state index is 0.510. The van der Waals surface area contributed by atoms with Crippen LogP contribution >= 0.6 is 0 Å². The van der Waals surface area contributed by atoms with Crippen molar-refractivity contribution in [2.24, 2.45) is 0 Å². The molecule has 1 heterocycles. The summed E-state index contributed by atoms with van der Waals surface area (Å²) in [7, 11) is 0. The lowest BCUT2D eigenvalue weighted by Gasteiger charge is -2.29. The first-order valence-corrected chi connectivity index (χ1v) is 5.94. The average molecular weight is 219 g/mol. The zero-order valence-electron chi connectivity index (χ0n) is 9.35. The SMILES string of the molecule is OC1(c2ccc(N3CCOCC3)cc2)CC1. The van der Waals surface area contributed by atoms with E-state index in [1.807, 2.05) is 0 Å². The van der Waals surface area contributed by atoms with Gasteiger partial charge in [0.05, 0.1) is 18.8 Å². The summed E-state index contributed by atoms with van der Waals surface area (Å²) in [6.07, 6.45) is 1.81. The van der Waals surface area contributed by atoms with Crippen molar-refractivity contribution in [2.45, 2.75) is 18.4 Å². The highest BCUT2D eigenvalue weighted by Crippen LogP contribution is 2.45. The van der Waals surface area contributed by atoms with Crippen LogP contribution in [-0.4, -0.2) is 31.4 Å². The van der Waals surface area contributed by atoms with Crippen molar-refractivity contribution in [1.29, 1.82) is 0 Å². The standard InChI is InChI=1S/C13H17NO2/c15-13(5-6-13)11-1-3-12(4-2-11)14-7-9-16-10-8-14/h1-4,15H,5-10H2. The highest BCUT2D eigenvalue weighted by Gasteiger charge is 2.41. The fourth-order valence-electron chi connectivity index (χ4n) is 2.21. The molecule has 1 aliphatic heterocycles. The maximum absolute atomic E-state index is 9.97. The summed E-state index contributed by atoms with van der Waals surface area (Å²) in [5, 5.41) is 9.97. The molecular weight excluding hydrogens is 202 g/mol. The minimum Gasteiger partial charge on any atom is -0.385 e. The molecule has 2 aliphatic rings. The van der Waals surface area contributed by atoms with Gasteiger partial charge >= 0.3 is 0 Å². The minimum atomic E-state index is -0.510. The topological polar surface area (TPSA) is 32.7 Å². The van der Waals surface area contributed by atoms with E-state index in [2.05, 4.69) is 29.2 Å². The third kappa shape index (κ3) is 1.81. The van der Waals surface area contributed by atoms with Crippen LogP contribution in [0.1, 0.15) is 18.4 Å². The van der Waals surface area contributed by atoms with Crippen molar-refractivity contribution >= 4 is 5.69 Å². The van der Waals surface area contributed by atoms with Crippen LogP contribution in [0.4, 0.5) is 5.69 Å². The van der Waals surface area contributed by atoms with E-state index in [-0.39, 0.29) is 0 Å². The number of ether oxygens (including phenoxy) is 1. The first-order chi connectivity index (χ1) is 7.78. The van der Waals surface area contributed by atoms with Crippen molar-refractivity contribution in [2.75, 3.05) is 31.2 Å². The van der Waals surface area contributed by atoms with Crippen LogP contribution in [-0.2, 0) is 10.3 Å². The van der Waals surface area contributed by atoms with E-state index < -0.39 is 5.60 Å². The maximum atomic E-state index is 9.97. The Hall–Kier alpha value is -1.06. The third-order valence-corrected chi connectivity index (χ3v) is 3.50. The summed E-state index contributed by atoms with van der Waals surface area (Å²) in [5.74, 6) is 0. The maximum Gasteiger partial charge on any atom is 0.0899 e. The quantitative estimate of drug-likeness (QED) is 0.818. The van der Waals surface area contributed by atoms with Crippen LogP contribution in [0, 0.1) is 0 Å². The molecule has 3 heteroatoms. The summed E-state index contributed by atoms with van der Waals surface area (Å²) in [4.78, 5) is 2.32. The second-order valence-corrected chi connectivity index (χ2v) is 4.68. The van der Waals surface area contributed by atoms with Gasteiger partial charge in [0.25, 0.3) is 0 Å². The molecule has 1 N–H and O–H groups in total. The molecule has 0 spiro atoms. The summed E-state index contributed by atoms with van der Waals surface area (Å²) >= 11 is 0. The van der Waals surface area contributed by atoms with Gasteiger partial charge in [0.15, 0.2) is 0 Å². The number of hydrogen-bond donors (Lipinski definition) is 1. The molecule has 0 amide bonds. The van der Waals surface area contributed by atoms with Crippen LogP contribution in [0.5, 0.6) is 0 Å². The smallest absolute Gasteiger partial charge is 0.0899 e. The summed E-state index contributed by atoms with van der Waals surface area (Å²) in [6, 6.07) is 8.32. The zero-order valence-corrected chi connectivity index (χ0v) is 9.35. The van der Waals surface area contributed by atoms with Gasteiger partial charge in [0.2, 0.25) is 0 Å². The van der Waals surface area contributed by atoms with Crippen molar-refractivity contribution < 1.29 is 9.84 Å². The normalized spacial score (nSPS) is 23.2. The fraction of sp³-hybridized carbons (Fsp3) is 0.538. The van der Waals surface area contributed by atoms with Gasteiger partial charge in [-0.05, 0) is 30.5 Å². The Morgan fingerprint density at radius 2 is 1.69 bits per heavy atom. The Labute approximate surface area is 95.6 Å². The molecule has 1 aromatic rings. The number of morpholine rings is 1. The third-order valence-electron chi connectivity index (χ3n) is 3.50. The van der Waals surface area contributed by atoms with Gasteiger partial charge in [-0.25, -0.2) is 0 Å². The second-order valence-electron chi connectivity index (χ2n) is 4.68. The van der Waals surface area contributed by atoms with Crippen LogP contribution in [0.15, 0.2) is 24.3 Å². The van der Waals surface area contributed by atoms with Crippen LogP contribution in [0.2, 0.25) is 0 Å². The monoisotopic (exact) mass is 219 g/mol. The molecule has 0 aromatic heterocycles. The van der Waals surface area contributed by atoms with Gasteiger partial charge in [-0.3, -0.25) is 0 Å². The summed E-state index contributed by atoms with van der Waals surface area (Å²) in [6.45, 7) is 3.55. The zero-order chi connectivity index (χ0) is 11.0. The van der Waals surface area contributed by atoms with Gasteiger partial charge in [-0.2, -0.15) is 0 Å². The number of hydrogen-bond acceptors (Lipinski definition) is 3. The van der Waals surface area contributed by atoms with Gasteiger partial charge in [-0.15, -0.1) is 0 Å². The predicted molar refractivity (Wildman–Crippen MR) is 62.6 cm³/mol. The molecule has 3 nitrogen and oxygen atoms in total. The van der Waals surface area contributed by atoms with Crippen molar-refractivity contribution in [1.82, 2.24) is 0 Å². The Morgan fingerprint density at radius 3 is 2.25 bits per heavy atom. The first-order valence-electron chi connectivity index (χ1n) is 5.94. The van der Waals surface area contributed by atoms with E-state index >= 15 is 0 Å². The molecule has 16 heavy (non-hydrogen) atoms. The van der Waals surface area contributed by atoms with Gasteiger partial charge < -0.3 is 14.7 Å². The number of aliphatic hydroxyl groups is 1. The van der Waals surface area contributed by atoms with Crippen molar-refractivity contribution in [3.05, 3.63) is 29.8 Å². The van der Waals surface area contributed by atoms with Crippen LogP contribution in [0.3, 0.4) is 0 Å². The average Bonchev–Trinajstić information content (AvgIpc) is 3.10. The lowest BCUT2D eigenvalue weighted by Crippen LogP contribution is -2.36. The number of nitrogens with zero attached hydrogens (tertiary/aromatic N) is 1. The van der Waals surface area contributed by atoms with Gasteiger partial charge in [-0.1, -0.05) is 12.1 Å². The molecule has 1 aliphatic carbocycles. The van der Waals surface area contributed by atoms with E-state index in [1.165, 1.54) is 5.69 Å². The molecule has 0 unspecified atom stereocenters. The van der Waals surface area contributed by atoms with Gasteiger partial charge in [0, 0.05) is 18.8 Å².